The Morgan fingerprint density at radius 3 is 1.67 bits per heavy atom. The SMILES string of the molecule is C=C/C=C(\C=C)N1c2ccccc2C(C)(C)c2cc(/C=C/c3ccc4c(c3)C(C)(C)c3cc(N(c5ccccc5)c5ccccc5)ccc3-4)ccc21. The van der Waals surface area contributed by atoms with Crippen LogP contribution in [0.3, 0.4) is 0 Å². The van der Waals surface area contributed by atoms with E-state index in [4.69, 9.17) is 0 Å². The van der Waals surface area contributed by atoms with Gasteiger partial charge in [0.25, 0.3) is 0 Å². The monoisotopic (exact) mass is 672 g/mol. The molecular weight excluding hydrogens is 629 g/mol. The summed E-state index contributed by atoms with van der Waals surface area (Å²) < 4.78 is 0. The number of nitrogens with zero attached hydrogens (tertiary/aromatic N) is 2. The Labute approximate surface area is 309 Å². The number of hydrogen-bond donors (Lipinski definition) is 0. The topological polar surface area (TPSA) is 6.48 Å². The molecule has 2 aliphatic rings. The lowest BCUT2D eigenvalue weighted by molar-refractivity contribution is 0.630. The van der Waals surface area contributed by atoms with E-state index in [9.17, 15) is 0 Å². The van der Waals surface area contributed by atoms with Gasteiger partial charge in [-0.1, -0.05) is 144 Å². The summed E-state index contributed by atoms with van der Waals surface area (Å²) in [7, 11) is 0. The van der Waals surface area contributed by atoms with Gasteiger partial charge in [0.05, 0.1) is 11.4 Å². The molecule has 6 aromatic rings. The zero-order chi connectivity index (χ0) is 36.0. The summed E-state index contributed by atoms with van der Waals surface area (Å²) in [4.78, 5) is 4.65. The summed E-state index contributed by atoms with van der Waals surface area (Å²) >= 11 is 0. The number of benzene rings is 6. The van der Waals surface area contributed by atoms with E-state index < -0.39 is 0 Å². The third kappa shape index (κ3) is 5.43. The predicted molar refractivity (Wildman–Crippen MR) is 223 cm³/mol. The normalized spacial score (nSPS) is 15.0. The minimum absolute atomic E-state index is 0.155. The fourth-order valence-corrected chi connectivity index (χ4v) is 8.24. The third-order valence-electron chi connectivity index (χ3n) is 10.9. The maximum Gasteiger partial charge on any atom is 0.0503 e. The van der Waals surface area contributed by atoms with Crippen molar-refractivity contribution in [3.05, 3.63) is 210 Å². The molecule has 0 amide bonds. The standard InChI is InChI=1S/C50H44N2/c1-7-17-37(8-2)52-47-23-16-15-22-43(47)49(3,4)46-33-36(27-31-48(46)52)25-24-35-26-29-41-42-30-28-40(34-45(42)50(5,6)44(41)32-35)51(38-18-11-9-12-19-38)39-20-13-10-14-21-39/h7-34H,1-2H2,3-6H3/b25-24+,37-17+. The average molecular weight is 673 g/mol. The van der Waals surface area contributed by atoms with Crippen molar-refractivity contribution in [1.29, 1.82) is 0 Å². The van der Waals surface area contributed by atoms with Crippen LogP contribution in [-0.4, -0.2) is 0 Å². The van der Waals surface area contributed by atoms with E-state index >= 15 is 0 Å². The molecule has 0 atom stereocenters. The van der Waals surface area contributed by atoms with Crippen LogP contribution in [0.15, 0.2) is 177 Å². The largest absolute Gasteiger partial charge is 0.310 e. The van der Waals surface area contributed by atoms with E-state index in [0.717, 1.165) is 22.8 Å². The minimum Gasteiger partial charge on any atom is -0.310 e. The minimum atomic E-state index is -0.175. The molecular formula is C50H44N2. The van der Waals surface area contributed by atoms with Gasteiger partial charge in [0.15, 0.2) is 0 Å². The molecule has 52 heavy (non-hydrogen) atoms. The molecule has 2 nitrogen and oxygen atoms in total. The summed E-state index contributed by atoms with van der Waals surface area (Å²) in [5.74, 6) is 0. The van der Waals surface area contributed by atoms with Crippen LogP contribution >= 0.6 is 0 Å². The van der Waals surface area contributed by atoms with Gasteiger partial charge >= 0.3 is 0 Å². The molecule has 0 saturated heterocycles. The van der Waals surface area contributed by atoms with Gasteiger partial charge in [-0.05, 0) is 111 Å². The predicted octanol–water partition coefficient (Wildman–Crippen LogP) is 13.7. The molecule has 0 bridgehead atoms. The Hall–Kier alpha value is -6.12. The zero-order valence-electron chi connectivity index (χ0n) is 30.5. The lowest BCUT2D eigenvalue weighted by Gasteiger charge is -2.42. The molecule has 0 N–H and O–H groups in total. The Morgan fingerprint density at radius 2 is 1.04 bits per heavy atom. The molecule has 0 aromatic heterocycles. The molecule has 0 saturated carbocycles. The van der Waals surface area contributed by atoms with Crippen molar-refractivity contribution in [2.75, 3.05) is 9.80 Å². The van der Waals surface area contributed by atoms with E-state index in [1.54, 1.807) is 0 Å². The first-order chi connectivity index (χ1) is 25.2. The van der Waals surface area contributed by atoms with Crippen molar-refractivity contribution in [3.8, 4) is 11.1 Å². The maximum absolute atomic E-state index is 4.13. The summed E-state index contributed by atoms with van der Waals surface area (Å²) in [5, 5.41) is 0. The molecule has 2 heteroatoms. The number of para-hydroxylation sites is 3. The lowest BCUT2D eigenvalue weighted by Crippen LogP contribution is -2.32. The molecule has 254 valence electrons. The Kier molecular flexibility index (Phi) is 8.19. The highest BCUT2D eigenvalue weighted by molar-refractivity contribution is 5.88. The van der Waals surface area contributed by atoms with Crippen LogP contribution in [0, 0.1) is 0 Å². The van der Waals surface area contributed by atoms with E-state index in [1.165, 1.54) is 55.9 Å². The number of anilines is 5. The quantitative estimate of drug-likeness (QED) is 0.117. The van der Waals surface area contributed by atoms with Crippen LogP contribution < -0.4 is 9.80 Å². The second kappa shape index (κ2) is 12.9. The summed E-state index contributed by atoms with van der Waals surface area (Å²) in [6, 6.07) is 50.7. The van der Waals surface area contributed by atoms with E-state index in [1.807, 2.05) is 18.2 Å². The van der Waals surface area contributed by atoms with E-state index in [2.05, 4.69) is 202 Å². The van der Waals surface area contributed by atoms with Gasteiger partial charge in [-0.3, -0.25) is 0 Å². The van der Waals surface area contributed by atoms with Crippen LogP contribution in [0.5, 0.6) is 0 Å². The number of fused-ring (bicyclic) bond motifs is 5. The van der Waals surface area contributed by atoms with Crippen molar-refractivity contribution in [3.63, 3.8) is 0 Å². The summed E-state index contributed by atoms with van der Waals surface area (Å²) in [5.41, 5.74) is 16.8. The highest BCUT2D eigenvalue weighted by Crippen LogP contribution is 2.52. The first kappa shape index (κ1) is 33.0. The number of hydrogen-bond acceptors (Lipinski definition) is 2. The smallest absolute Gasteiger partial charge is 0.0503 e. The van der Waals surface area contributed by atoms with Crippen molar-refractivity contribution in [2.24, 2.45) is 0 Å². The molecule has 6 aromatic carbocycles. The molecule has 1 aliphatic carbocycles. The van der Waals surface area contributed by atoms with Crippen molar-refractivity contribution >= 4 is 40.6 Å². The first-order valence-electron chi connectivity index (χ1n) is 18.1. The number of rotatable bonds is 8. The van der Waals surface area contributed by atoms with Gasteiger partial charge < -0.3 is 9.80 Å². The Bertz CT molecular complexity index is 2350. The highest BCUT2D eigenvalue weighted by Gasteiger charge is 2.38. The average Bonchev–Trinajstić information content (AvgIpc) is 3.39. The van der Waals surface area contributed by atoms with Crippen LogP contribution in [-0.2, 0) is 10.8 Å². The third-order valence-corrected chi connectivity index (χ3v) is 10.9. The molecule has 0 fully saturated rings. The van der Waals surface area contributed by atoms with Gasteiger partial charge in [-0.25, -0.2) is 0 Å². The second-order valence-electron chi connectivity index (χ2n) is 14.8. The van der Waals surface area contributed by atoms with Crippen molar-refractivity contribution in [1.82, 2.24) is 0 Å². The van der Waals surface area contributed by atoms with Crippen molar-refractivity contribution in [2.45, 2.75) is 38.5 Å². The Balaban J connectivity index is 1.13. The lowest BCUT2D eigenvalue weighted by atomic mass is 9.73. The van der Waals surface area contributed by atoms with Gasteiger partial charge in [0, 0.05) is 33.6 Å². The molecule has 8 rings (SSSR count). The van der Waals surface area contributed by atoms with Crippen LogP contribution in [0.1, 0.15) is 61.1 Å². The first-order valence-corrected chi connectivity index (χ1v) is 18.1. The van der Waals surface area contributed by atoms with Crippen LogP contribution in [0.2, 0.25) is 0 Å². The molecule has 0 spiro atoms. The van der Waals surface area contributed by atoms with Gasteiger partial charge in [-0.2, -0.15) is 0 Å². The van der Waals surface area contributed by atoms with Crippen molar-refractivity contribution < 1.29 is 0 Å². The number of allylic oxidation sites excluding steroid dienone is 3. The highest BCUT2D eigenvalue weighted by atomic mass is 15.2. The molecule has 0 radical (unpaired) electrons. The van der Waals surface area contributed by atoms with E-state index in [0.29, 0.717) is 0 Å². The van der Waals surface area contributed by atoms with Crippen LogP contribution in [0.4, 0.5) is 28.4 Å². The molecule has 1 aliphatic heterocycles. The summed E-state index contributed by atoms with van der Waals surface area (Å²) in [6.45, 7) is 17.5. The zero-order valence-corrected chi connectivity index (χ0v) is 30.5. The maximum atomic E-state index is 4.13. The molecule has 1 heterocycles. The Morgan fingerprint density at radius 1 is 0.519 bits per heavy atom. The van der Waals surface area contributed by atoms with E-state index in [-0.39, 0.29) is 10.8 Å². The molecule has 0 unspecified atom stereocenters. The fourth-order valence-electron chi connectivity index (χ4n) is 8.24. The van der Waals surface area contributed by atoms with Gasteiger partial charge in [-0.15, -0.1) is 0 Å². The van der Waals surface area contributed by atoms with Gasteiger partial charge in [0.2, 0.25) is 0 Å². The fraction of sp³-hybridized carbons (Fsp3) is 0.120. The van der Waals surface area contributed by atoms with Gasteiger partial charge in [0.1, 0.15) is 0 Å². The summed E-state index contributed by atoms with van der Waals surface area (Å²) in [6.07, 6.45) is 10.3. The van der Waals surface area contributed by atoms with Crippen LogP contribution in [0.25, 0.3) is 23.3 Å². The second-order valence-corrected chi connectivity index (χ2v) is 14.8.